The fraction of sp³-hybridized carbons (Fsp3) is 0.217. The van der Waals surface area contributed by atoms with E-state index in [9.17, 15) is 4.79 Å². The molecule has 0 spiro atoms. The number of nitrogens with one attached hydrogen (secondary N) is 2. The van der Waals surface area contributed by atoms with Crippen LogP contribution in [-0.2, 0) is 6.54 Å². The van der Waals surface area contributed by atoms with E-state index in [4.69, 9.17) is 0 Å². The van der Waals surface area contributed by atoms with Gasteiger partial charge in [-0.1, -0.05) is 12.1 Å². The third-order valence-corrected chi connectivity index (χ3v) is 4.96. The van der Waals surface area contributed by atoms with Crippen LogP contribution in [0.3, 0.4) is 0 Å². The predicted octanol–water partition coefficient (Wildman–Crippen LogP) is 4.58. The largest absolute Gasteiger partial charge is 0.377 e. The number of carbonyl (C=O) groups excluding carboxylic acids is 1. The van der Waals surface area contributed by atoms with E-state index in [0.29, 0.717) is 5.56 Å². The van der Waals surface area contributed by atoms with E-state index >= 15 is 0 Å². The van der Waals surface area contributed by atoms with Gasteiger partial charge in [-0.25, -0.2) is 0 Å². The molecule has 7 heteroatoms. The van der Waals surface area contributed by atoms with Crippen molar-refractivity contribution >= 4 is 28.3 Å². The number of nitrogens with zero attached hydrogens (tertiary/aromatic N) is 4. The molecule has 0 radical (unpaired) electrons. The molecule has 0 aliphatic carbocycles. The van der Waals surface area contributed by atoms with Crippen LogP contribution in [0.1, 0.15) is 41.4 Å². The lowest BCUT2D eigenvalue weighted by Crippen LogP contribution is -2.13. The fourth-order valence-electron chi connectivity index (χ4n) is 3.39. The van der Waals surface area contributed by atoms with E-state index in [2.05, 4.69) is 45.6 Å². The highest BCUT2D eigenvalue weighted by atomic mass is 16.1. The molecule has 1 unspecified atom stereocenters. The Labute approximate surface area is 175 Å². The Bertz CT molecular complexity index is 1200. The maximum atomic E-state index is 12.5. The number of rotatable bonds is 6. The molecular formula is C23H24N6O. The SMILES string of the molecule is CCn1ncc2ncc(NC(C)c3cccc(NC(=O)c4cncc(C)c4)c3)cc21. The molecule has 0 saturated heterocycles. The molecular weight excluding hydrogens is 376 g/mol. The highest BCUT2D eigenvalue weighted by Gasteiger charge is 2.11. The molecule has 4 aromatic rings. The van der Waals surface area contributed by atoms with Crippen LogP contribution in [0.25, 0.3) is 11.0 Å². The number of benzene rings is 1. The van der Waals surface area contributed by atoms with E-state index in [-0.39, 0.29) is 11.9 Å². The van der Waals surface area contributed by atoms with Gasteiger partial charge in [-0.15, -0.1) is 0 Å². The second-order valence-electron chi connectivity index (χ2n) is 7.29. The van der Waals surface area contributed by atoms with Crippen LogP contribution in [0.2, 0.25) is 0 Å². The Balaban J connectivity index is 1.49. The van der Waals surface area contributed by atoms with Crippen molar-refractivity contribution in [2.45, 2.75) is 33.4 Å². The number of pyridine rings is 2. The summed E-state index contributed by atoms with van der Waals surface area (Å²) in [5, 5.41) is 10.8. The first-order chi connectivity index (χ1) is 14.5. The van der Waals surface area contributed by atoms with Gasteiger partial charge in [0.15, 0.2) is 0 Å². The van der Waals surface area contributed by atoms with Gasteiger partial charge in [0.2, 0.25) is 0 Å². The first-order valence-electron chi connectivity index (χ1n) is 9.94. The Hall–Kier alpha value is -3.74. The number of anilines is 2. The first kappa shape index (κ1) is 19.6. The van der Waals surface area contributed by atoms with Crippen LogP contribution >= 0.6 is 0 Å². The van der Waals surface area contributed by atoms with E-state index in [0.717, 1.165) is 40.1 Å². The lowest BCUT2D eigenvalue weighted by molar-refractivity contribution is 0.102. The molecule has 3 aromatic heterocycles. The fourth-order valence-corrected chi connectivity index (χ4v) is 3.39. The Morgan fingerprint density at radius 2 is 1.97 bits per heavy atom. The standard InChI is InChI=1S/C23H24N6O/c1-4-29-22-10-20(13-25-21(22)14-26-29)27-16(3)17-6-5-7-19(9-17)28-23(30)18-8-15(2)11-24-12-18/h5-14,16,27H,4H2,1-3H3,(H,28,30). The van der Waals surface area contributed by atoms with Crippen molar-refractivity contribution in [3.63, 3.8) is 0 Å². The lowest BCUT2D eigenvalue weighted by atomic mass is 10.1. The minimum atomic E-state index is -0.175. The molecule has 0 aliphatic rings. The van der Waals surface area contributed by atoms with Crippen molar-refractivity contribution in [2.75, 3.05) is 10.6 Å². The summed E-state index contributed by atoms with van der Waals surface area (Å²) >= 11 is 0. The number of amides is 1. The smallest absolute Gasteiger partial charge is 0.257 e. The van der Waals surface area contributed by atoms with Crippen LogP contribution < -0.4 is 10.6 Å². The van der Waals surface area contributed by atoms with E-state index < -0.39 is 0 Å². The molecule has 7 nitrogen and oxygen atoms in total. The van der Waals surface area contributed by atoms with Crippen molar-refractivity contribution < 1.29 is 4.79 Å². The Morgan fingerprint density at radius 1 is 1.10 bits per heavy atom. The minimum Gasteiger partial charge on any atom is -0.377 e. The van der Waals surface area contributed by atoms with Crippen LogP contribution in [-0.4, -0.2) is 25.7 Å². The second-order valence-corrected chi connectivity index (χ2v) is 7.29. The summed E-state index contributed by atoms with van der Waals surface area (Å²) in [4.78, 5) is 21.1. The molecule has 0 bridgehead atoms. The zero-order valence-corrected chi connectivity index (χ0v) is 17.3. The zero-order valence-electron chi connectivity index (χ0n) is 17.3. The molecule has 0 saturated carbocycles. The maximum absolute atomic E-state index is 12.5. The predicted molar refractivity (Wildman–Crippen MR) is 119 cm³/mol. The van der Waals surface area contributed by atoms with Crippen molar-refractivity contribution in [3.05, 3.63) is 77.9 Å². The molecule has 1 atom stereocenters. The van der Waals surface area contributed by atoms with Gasteiger partial charge in [0.1, 0.15) is 5.52 Å². The van der Waals surface area contributed by atoms with Crippen molar-refractivity contribution in [1.82, 2.24) is 19.7 Å². The normalized spacial score (nSPS) is 12.0. The summed E-state index contributed by atoms with van der Waals surface area (Å²) < 4.78 is 1.93. The molecule has 0 aliphatic heterocycles. The molecule has 3 heterocycles. The minimum absolute atomic E-state index is 0.0275. The number of aromatic nitrogens is 4. The van der Waals surface area contributed by atoms with Gasteiger partial charge in [-0.2, -0.15) is 5.10 Å². The first-order valence-corrected chi connectivity index (χ1v) is 9.94. The zero-order chi connectivity index (χ0) is 21.1. The average molecular weight is 400 g/mol. The summed E-state index contributed by atoms with van der Waals surface area (Å²) in [5.41, 5.74) is 6.09. The number of aryl methyl sites for hydroxylation is 2. The van der Waals surface area contributed by atoms with Gasteiger partial charge in [-0.3, -0.25) is 19.4 Å². The van der Waals surface area contributed by atoms with Gasteiger partial charge in [0, 0.05) is 30.7 Å². The lowest BCUT2D eigenvalue weighted by Gasteiger charge is -2.17. The highest BCUT2D eigenvalue weighted by molar-refractivity contribution is 6.04. The van der Waals surface area contributed by atoms with Crippen molar-refractivity contribution in [3.8, 4) is 0 Å². The van der Waals surface area contributed by atoms with E-state index in [1.165, 1.54) is 0 Å². The van der Waals surface area contributed by atoms with Crippen LogP contribution in [0.4, 0.5) is 11.4 Å². The van der Waals surface area contributed by atoms with E-state index in [1.54, 1.807) is 18.6 Å². The highest BCUT2D eigenvalue weighted by Crippen LogP contribution is 2.24. The van der Waals surface area contributed by atoms with Gasteiger partial charge in [0.05, 0.1) is 29.2 Å². The number of hydrogen-bond donors (Lipinski definition) is 2. The van der Waals surface area contributed by atoms with Gasteiger partial charge in [0.25, 0.3) is 5.91 Å². The maximum Gasteiger partial charge on any atom is 0.257 e. The second kappa shape index (κ2) is 8.32. The van der Waals surface area contributed by atoms with Crippen molar-refractivity contribution in [2.24, 2.45) is 0 Å². The third-order valence-electron chi connectivity index (χ3n) is 4.96. The molecule has 0 fully saturated rings. The summed E-state index contributed by atoms with van der Waals surface area (Å²) in [6.45, 7) is 6.84. The monoisotopic (exact) mass is 400 g/mol. The number of hydrogen-bond acceptors (Lipinski definition) is 5. The van der Waals surface area contributed by atoms with Crippen LogP contribution in [0.15, 0.2) is 61.2 Å². The van der Waals surface area contributed by atoms with Crippen molar-refractivity contribution in [1.29, 1.82) is 0 Å². The Kier molecular flexibility index (Phi) is 5.43. The molecule has 1 amide bonds. The quantitative estimate of drug-likeness (QED) is 0.495. The van der Waals surface area contributed by atoms with Crippen LogP contribution in [0, 0.1) is 6.92 Å². The van der Waals surface area contributed by atoms with Gasteiger partial charge >= 0.3 is 0 Å². The molecule has 4 rings (SSSR count). The molecule has 152 valence electrons. The third kappa shape index (κ3) is 4.15. The number of carbonyl (C=O) groups is 1. The van der Waals surface area contributed by atoms with Gasteiger partial charge < -0.3 is 10.6 Å². The summed E-state index contributed by atoms with van der Waals surface area (Å²) in [6, 6.07) is 11.7. The van der Waals surface area contributed by atoms with E-state index in [1.807, 2.05) is 48.1 Å². The summed E-state index contributed by atoms with van der Waals surface area (Å²) in [5.74, 6) is -0.175. The molecule has 30 heavy (non-hydrogen) atoms. The summed E-state index contributed by atoms with van der Waals surface area (Å²) in [7, 11) is 0. The number of fused-ring (bicyclic) bond motifs is 1. The van der Waals surface area contributed by atoms with Gasteiger partial charge in [-0.05, 0) is 56.2 Å². The molecule has 2 N–H and O–H groups in total. The average Bonchev–Trinajstić information content (AvgIpc) is 3.16. The Morgan fingerprint density at radius 3 is 2.77 bits per heavy atom. The summed E-state index contributed by atoms with van der Waals surface area (Å²) in [6.07, 6.45) is 6.89. The van der Waals surface area contributed by atoms with Crippen LogP contribution in [0.5, 0.6) is 0 Å². The topological polar surface area (TPSA) is 84.7 Å². The molecule has 1 aromatic carbocycles.